The van der Waals surface area contributed by atoms with Gasteiger partial charge in [0.15, 0.2) is 0 Å². The second-order valence-corrected chi connectivity index (χ2v) is 5.54. The Morgan fingerprint density at radius 2 is 1.86 bits per heavy atom. The molecule has 14 heavy (non-hydrogen) atoms. The number of rotatable bonds is 3. The molecule has 3 rings (SSSR count). The van der Waals surface area contributed by atoms with Crippen LogP contribution in [0.5, 0.6) is 0 Å². The van der Waals surface area contributed by atoms with Gasteiger partial charge in [0.25, 0.3) is 0 Å². The van der Waals surface area contributed by atoms with Crippen LogP contribution < -0.4 is 5.73 Å². The van der Waals surface area contributed by atoms with E-state index >= 15 is 0 Å². The van der Waals surface area contributed by atoms with Crippen molar-refractivity contribution in [3.63, 3.8) is 0 Å². The molecule has 0 aromatic rings. The summed E-state index contributed by atoms with van der Waals surface area (Å²) < 4.78 is 0. The molecule has 0 radical (unpaired) electrons. The molecule has 2 nitrogen and oxygen atoms in total. The molecule has 2 heteroatoms. The zero-order valence-corrected chi connectivity index (χ0v) is 9.58. The third kappa shape index (κ3) is 2.12. The minimum absolute atomic E-state index is 0.370. The van der Waals surface area contributed by atoms with Crippen LogP contribution in [0.1, 0.15) is 39.5 Å². The van der Waals surface area contributed by atoms with Gasteiger partial charge in [-0.1, -0.05) is 13.8 Å². The Kier molecular flexibility index (Phi) is 3.13. The van der Waals surface area contributed by atoms with Crippen LogP contribution in [0.25, 0.3) is 0 Å². The van der Waals surface area contributed by atoms with Crippen molar-refractivity contribution in [1.29, 1.82) is 0 Å². The summed E-state index contributed by atoms with van der Waals surface area (Å²) in [6.45, 7) is 6.91. The van der Waals surface area contributed by atoms with E-state index in [9.17, 15) is 0 Å². The average molecular weight is 196 g/mol. The molecule has 0 amide bonds. The van der Waals surface area contributed by atoms with Gasteiger partial charge < -0.3 is 5.73 Å². The first-order chi connectivity index (χ1) is 6.66. The molecule has 2 heterocycles. The number of fused-ring (bicyclic) bond motifs is 3. The van der Waals surface area contributed by atoms with Crippen LogP contribution in [0, 0.1) is 11.8 Å². The lowest BCUT2D eigenvalue weighted by atomic mass is 9.79. The zero-order valence-electron chi connectivity index (χ0n) is 9.58. The quantitative estimate of drug-likeness (QED) is 0.746. The molecule has 0 aromatic carbocycles. The fourth-order valence-electron chi connectivity index (χ4n) is 2.88. The van der Waals surface area contributed by atoms with Gasteiger partial charge in [0.05, 0.1) is 0 Å². The minimum Gasteiger partial charge on any atom is -0.326 e. The molecule has 1 saturated carbocycles. The second kappa shape index (κ2) is 4.19. The molecule has 3 fully saturated rings. The molecular weight excluding hydrogens is 172 g/mol. The van der Waals surface area contributed by atoms with Gasteiger partial charge in [-0.05, 0) is 37.5 Å². The fraction of sp³-hybridized carbons (Fsp3) is 1.00. The minimum atomic E-state index is 0.370. The molecule has 1 aliphatic carbocycles. The summed E-state index contributed by atoms with van der Waals surface area (Å²) in [4.78, 5) is 2.66. The summed E-state index contributed by atoms with van der Waals surface area (Å²) in [6.07, 6.45) is 5.79. The SMILES string of the molecule is CC(C)[C@H](N)CN1CC2CCC1CC2. The third-order valence-electron chi connectivity index (χ3n) is 4.13. The van der Waals surface area contributed by atoms with Crippen LogP contribution in [0.15, 0.2) is 0 Å². The predicted molar refractivity (Wildman–Crippen MR) is 60.1 cm³/mol. The van der Waals surface area contributed by atoms with Crippen molar-refractivity contribution in [2.75, 3.05) is 13.1 Å². The smallest absolute Gasteiger partial charge is 0.0191 e. The van der Waals surface area contributed by atoms with Gasteiger partial charge in [0.2, 0.25) is 0 Å². The second-order valence-electron chi connectivity index (χ2n) is 5.54. The highest BCUT2D eigenvalue weighted by molar-refractivity contribution is 4.89. The molecule has 2 aliphatic heterocycles. The Balaban J connectivity index is 1.86. The Bertz CT molecular complexity index is 183. The molecule has 3 aliphatic rings. The van der Waals surface area contributed by atoms with E-state index in [1.54, 1.807) is 0 Å². The molecule has 0 spiro atoms. The Morgan fingerprint density at radius 3 is 2.29 bits per heavy atom. The van der Waals surface area contributed by atoms with Crippen molar-refractivity contribution in [1.82, 2.24) is 4.90 Å². The normalized spacial score (nSPS) is 35.1. The van der Waals surface area contributed by atoms with Gasteiger partial charge in [0, 0.05) is 25.2 Å². The number of piperidine rings is 2. The molecule has 2 saturated heterocycles. The number of hydrogen-bond donors (Lipinski definition) is 1. The maximum Gasteiger partial charge on any atom is 0.0191 e. The van der Waals surface area contributed by atoms with E-state index in [2.05, 4.69) is 18.7 Å². The van der Waals surface area contributed by atoms with Crippen LogP contribution in [-0.2, 0) is 0 Å². The Morgan fingerprint density at radius 1 is 1.21 bits per heavy atom. The highest BCUT2D eigenvalue weighted by atomic mass is 15.2. The molecule has 2 bridgehead atoms. The van der Waals surface area contributed by atoms with Crippen LogP contribution in [-0.4, -0.2) is 30.1 Å². The van der Waals surface area contributed by atoms with Crippen LogP contribution >= 0.6 is 0 Å². The van der Waals surface area contributed by atoms with Crippen LogP contribution in [0.3, 0.4) is 0 Å². The van der Waals surface area contributed by atoms with E-state index in [-0.39, 0.29) is 0 Å². The third-order valence-corrected chi connectivity index (χ3v) is 4.13. The summed E-state index contributed by atoms with van der Waals surface area (Å²) in [7, 11) is 0. The van der Waals surface area contributed by atoms with Crippen molar-refractivity contribution >= 4 is 0 Å². The molecule has 0 unspecified atom stereocenters. The maximum absolute atomic E-state index is 6.14. The lowest BCUT2D eigenvalue weighted by Gasteiger charge is -2.46. The summed E-state index contributed by atoms with van der Waals surface area (Å²) in [5.74, 6) is 1.61. The summed E-state index contributed by atoms with van der Waals surface area (Å²) in [6, 6.07) is 1.24. The monoisotopic (exact) mass is 196 g/mol. The van der Waals surface area contributed by atoms with E-state index in [0.717, 1.165) is 18.5 Å². The average Bonchev–Trinajstić information content (AvgIpc) is 2.19. The number of nitrogens with two attached hydrogens (primary N) is 1. The van der Waals surface area contributed by atoms with Gasteiger partial charge in [-0.15, -0.1) is 0 Å². The molecule has 0 aromatic heterocycles. The lowest BCUT2D eigenvalue weighted by molar-refractivity contribution is 0.0408. The van der Waals surface area contributed by atoms with Crippen LogP contribution in [0.2, 0.25) is 0 Å². The summed E-state index contributed by atoms with van der Waals surface area (Å²) >= 11 is 0. The van der Waals surface area contributed by atoms with Crippen molar-refractivity contribution in [2.24, 2.45) is 17.6 Å². The largest absolute Gasteiger partial charge is 0.326 e. The van der Waals surface area contributed by atoms with Gasteiger partial charge in [-0.25, -0.2) is 0 Å². The van der Waals surface area contributed by atoms with Crippen molar-refractivity contribution < 1.29 is 0 Å². The van der Waals surface area contributed by atoms with Gasteiger partial charge in [0.1, 0.15) is 0 Å². The lowest BCUT2D eigenvalue weighted by Crippen LogP contribution is -2.52. The molecule has 2 N–H and O–H groups in total. The standard InChI is InChI=1S/C12H24N2/c1-9(2)12(13)8-14-7-10-3-5-11(14)6-4-10/h9-12H,3-8,13H2,1-2H3/t10?,11?,12-/m1/s1. The van der Waals surface area contributed by atoms with Gasteiger partial charge in [-0.2, -0.15) is 0 Å². The Labute approximate surface area is 87.8 Å². The number of hydrogen-bond acceptors (Lipinski definition) is 2. The fourth-order valence-corrected chi connectivity index (χ4v) is 2.88. The number of nitrogens with zero attached hydrogens (tertiary/aromatic N) is 1. The molecular formula is C12H24N2. The maximum atomic E-state index is 6.14. The topological polar surface area (TPSA) is 29.3 Å². The first-order valence-electron chi connectivity index (χ1n) is 6.16. The summed E-state index contributed by atoms with van der Waals surface area (Å²) in [5.41, 5.74) is 6.14. The Hall–Kier alpha value is -0.0800. The van der Waals surface area contributed by atoms with Crippen molar-refractivity contribution in [2.45, 2.75) is 51.6 Å². The van der Waals surface area contributed by atoms with Crippen LogP contribution in [0.4, 0.5) is 0 Å². The van der Waals surface area contributed by atoms with E-state index in [0.29, 0.717) is 12.0 Å². The molecule has 1 atom stereocenters. The highest BCUT2D eigenvalue weighted by Crippen LogP contribution is 2.34. The first kappa shape index (κ1) is 10.4. The zero-order chi connectivity index (χ0) is 10.1. The van der Waals surface area contributed by atoms with Gasteiger partial charge >= 0.3 is 0 Å². The van der Waals surface area contributed by atoms with E-state index in [1.165, 1.54) is 32.2 Å². The predicted octanol–water partition coefficient (Wildman–Crippen LogP) is 1.84. The summed E-state index contributed by atoms with van der Waals surface area (Å²) in [5, 5.41) is 0. The first-order valence-corrected chi connectivity index (χ1v) is 6.16. The molecule has 82 valence electrons. The van der Waals surface area contributed by atoms with E-state index < -0.39 is 0 Å². The highest BCUT2D eigenvalue weighted by Gasteiger charge is 2.34. The van der Waals surface area contributed by atoms with E-state index in [1.807, 2.05) is 0 Å². The van der Waals surface area contributed by atoms with E-state index in [4.69, 9.17) is 5.73 Å². The van der Waals surface area contributed by atoms with Crippen molar-refractivity contribution in [3.05, 3.63) is 0 Å². The van der Waals surface area contributed by atoms with Gasteiger partial charge in [-0.3, -0.25) is 4.90 Å². The van der Waals surface area contributed by atoms with Crippen molar-refractivity contribution in [3.8, 4) is 0 Å².